The molecule has 2 aromatic rings. The summed E-state index contributed by atoms with van der Waals surface area (Å²) in [7, 11) is 0. The van der Waals surface area contributed by atoms with E-state index in [9.17, 15) is 14.9 Å². The topological polar surface area (TPSA) is 89.7 Å². The van der Waals surface area contributed by atoms with Crippen LogP contribution in [0, 0.1) is 17.0 Å². The van der Waals surface area contributed by atoms with E-state index in [4.69, 9.17) is 9.84 Å². The van der Waals surface area contributed by atoms with E-state index in [1.54, 1.807) is 25.1 Å². The quantitative estimate of drug-likeness (QED) is 0.659. The molecule has 0 heterocycles. The Morgan fingerprint density at radius 1 is 1.24 bits per heavy atom. The number of carboxylic acids is 1. The standard InChI is InChI=1S/C14H10BrNO5/c1-8-6-9(15)2-5-12(8)21-13-7-10(16(19)20)3-4-11(13)14(17)18/h2-7H,1H3,(H,17,18). The van der Waals surface area contributed by atoms with Crippen LogP contribution in [-0.4, -0.2) is 16.0 Å². The summed E-state index contributed by atoms with van der Waals surface area (Å²) in [6.45, 7) is 1.79. The Labute approximate surface area is 128 Å². The first kappa shape index (κ1) is 15.0. The average molecular weight is 352 g/mol. The highest BCUT2D eigenvalue weighted by molar-refractivity contribution is 9.10. The molecule has 2 aromatic carbocycles. The number of ether oxygens (including phenoxy) is 1. The molecule has 0 atom stereocenters. The van der Waals surface area contributed by atoms with Gasteiger partial charge in [0.2, 0.25) is 0 Å². The van der Waals surface area contributed by atoms with Gasteiger partial charge in [0.1, 0.15) is 17.1 Å². The average Bonchev–Trinajstić information content (AvgIpc) is 2.41. The Morgan fingerprint density at radius 3 is 2.52 bits per heavy atom. The van der Waals surface area contributed by atoms with Gasteiger partial charge < -0.3 is 9.84 Å². The number of aryl methyl sites for hydroxylation is 1. The van der Waals surface area contributed by atoms with Crippen molar-refractivity contribution in [3.05, 3.63) is 62.1 Å². The van der Waals surface area contributed by atoms with Gasteiger partial charge in [-0.3, -0.25) is 10.1 Å². The molecule has 0 aliphatic rings. The van der Waals surface area contributed by atoms with Crippen LogP contribution in [-0.2, 0) is 0 Å². The molecule has 6 nitrogen and oxygen atoms in total. The van der Waals surface area contributed by atoms with Crippen molar-refractivity contribution in [1.82, 2.24) is 0 Å². The molecular formula is C14H10BrNO5. The van der Waals surface area contributed by atoms with Gasteiger partial charge in [-0.1, -0.05) is 15.9 Å². The minimum atomic E-state index is -1.21. The van der Waals surface area contributed by atoms with E-state index in [-0.39, 0.29) is 17.0 Å². The lowest BCUT2D eigenvalue weighted by atomic mass is 10.1. The second-order valence-electron chi connectivity index (χ2n) is 4.25. The first-order valence-corrected chi connectivity index (χ1v) is 6.63. The molecule has 0 saturated carbocycles. The van der Waals surface area contributed by atoms with Crippen LogP contribution in [0.4, 0.5) is 5.69 Å². The number of hydrogen-bond donors (Lipinski definition) is 1. The lowest BCUT2D eigenvalue weighted by molar-refractivity contribution is -0.384. The maximum atomic E-state index is 11.2. The molecule has 0 aliphatic carbocycles. The van der Waals surface area contributed by atoms with E-state index < -0.39 is 10.9 Å². The summed E-state index contributed by atoms with van der Waals surface area (Å²) in [5, 5.41) is 19.9. The first-order valence-electron chi connectivity index (χ1n) is 5.84. The fraction of sp³-hybridized carbons (Fsp3) is 0.0714. The highest BCUT2D eigenvalue weighted by atomic mass is 79.9. The predicted octanol–water partition coefficient (Wildman–Crippen LogP) is 4.16. The van der Waals surface area contributed by atoms with E-state index in [1.807, 2.05) is 0 Å². The molecule has 0 saturated heterocycles. The Hall–Kier alpha value is -2.41. The number of nitrogens with zero attached hydrogens (tertiary/aromatic N) is 1. The van der Waals surface area contributed by atoms with Crippen molar-refractivity contribution >= 4 is 27.6 Å². The minimum absolute atomic E-state index is 0.0675. The molecule has 2 rings (SSSR count). The summed E-state index contributed by atoms with van der Waals surface area (Å²) >= 11 is 3.31. The van der Waals surface area contributed by atoms with Crippen LogP contribution in [0.25, 0.3) is 0 Å². The second-order valence-corrected chi connectivity index (χ2v) is 5.17. The van der Waals surface area contributed by atoms with Crippen LogP contribution >= 0.6 is 15.9 Å². The second kappa shape index (κ2) is 5.92. The number of nitro groups is 1. The largest absolute Gasteiger partial charge is 0.478 e. The monoisotopic (exact) mass is 351 g/mol. The normalized spacial score (nSPS) is 10.2. The number of halogens is 1. The van der Waals surface area contributed by atoms with Crippen molar-refractivity contribution < 1.29 is 19.6 Å². The van der Waals surface area contributed by atoms with Gasteiger partial charge >= 0.3 is 5.97 Å². The zero-order chi connectivity index (χ0) is 15.6. The van der Waals surface area contributed by atoms with Crippen LogP contribution in [0.2, 0.25) is 0 Å². The lowest BCUT2D eigenvalue weighted by Gasteiger charge is -2.11. The fourth-order valence-corrected chi connectivity index (χ4v) is 2.21. The lowest BCUT2D eigenvalue weighted by Crippen LogP contribution is -2.01. The maximum Gasteiger partial charge on any atom is 0.339 e. The first-order chi connectivity index (χ1) is 9.88. The molecule has 0 bridgehead atoms. The Bertz CT molecular complexity index is 729. The number of carbonyl (C=O) groups is 1. The van der Waals surface area contributed by atoms with Crippen LogP contribution in [0.15, 0.2) is 40.9 Å². The molecule has 0 amide bonds. The van der Waals surface area contributed by atoms with Gasteiger partial charge in [0.05, 0.1) is 11.0 Å². The Kier molecular flexibility index (Phi) is 4.23. The predicted molar refractivity (Wildman–Crippen MR) is 79.0 cm³/mol. The van der Waals surface area contributed by atoms with E-state index in [1.165, 1.54) is 0 Å². The summed E-state index contributed by atoms with van der Waals surface area (Å²) in [5.74, 6) is -0.849. The number of nitro benzene ring substituents is 1. The molecule has 0 fully saturated rings. The zero-order valence-electron chi connectivity index (χ0n) is 10.9. The van der Waals surface area contributed by atoms with Gasteiger partial charge in [-0.05, 0) is 36.8 Å². The van der Waals surface area contributed by atoms with E-state index in [2.05, 4.69) is 15.9 Å². The SMILES string of the molecule is Cc1cc(Br)ccc1Oc1cc([N+](=O)[O-])ccc1C(=O)O. The molecule has 0 aromatic heterocycles. The highest BCUT2D eigenvalue weighted by Crippen LogP contribution is 2.32. The third kappa shape index (κ3) is 3.38. The van der Waals surface area contributed by atoms with Gasteiger partial charge in [-0.15, -0.1) is 0 Å². The molecule has 0 unspecified atom stereocenters. The maximum absolute atomic E-state index is 11.2. The van der Waals surface area contributed by atoms with E-state index in [0.717, 1.165) is 28.2 Å². The molecule has 0 radical (unpaired) electrons. The van der Waals surface area contributed by atoms with Crippen LogP contribution in [0.5, 0.6) is 11.5 Å². The van der Waals surface area contributed by atoms with Crippen molar-refractivity contribution in [2.45, 2.75) is 6.92 Å². The molecule has 0 aliphatic heterocycles. The summed E-state index contributed by atoms with van der Waals surface area (Å²) in [5.41, 5.74) is 0.403. The van der Waals surface area contributed by atoms with Gasteiger partial charge in [-0.25, -0.2) is 4.79 Å². The van der Waals surface area contributed by atoms with Crippen molar-refractivity contribution in [1.29, 1.82) is 0 Å². The van der Waals surface area contributed by atoms with Crippen molar-refractivity contribution in [2.75, 3.05) is 0 Å². The highest BCUT2D eigenvalue weighted by Gasteiger charge is 2.17. The van der Waals surface area contributed by atoms with Gasteiger partial charge in [0, 0.05) is 10.5 Å². The van der Waals surface area contributed by atoms with E-state index >= 15 is 0 Å². The summed E-state index contributed by atoms with van der Waals surface area (Å²) in [6, 6.07) is 8.58. The fourth-order valence-electron chi connectivity index (χ4n) is 1.73. The number of benzene rings is 2. The van der Waals surface area contributed by atoms with Crippen molar-refractivity contribution in [2.24, 2.45) is 0 Å². The smallest absolute Gasteiger partial charge is 0.339 e. The molecule has 21 heavy (non-hydrogen) atoms. The van der Waals surface area contributed by atoms with Crippen LogP contribution in [0.1, 0.15) is 15.9 Å². The number of carboxylic acid groups (broad SMARTS) is 1. The van der Waals surface area contributed by atoms with Crippen molar-refractivity contribution in [3.63, 3.8) is 0 Å². The van der Waals surface area contributed by atoms with E-state index in [0.29, 0.717) is 5.75 Å². The zero-order valence-corrected chi connectivity index (χ0v) is 12.5. The number of hydrogen-bond acceptors (Lipinski definition) is 4. The number of non-ortho nitro benzene ring substituents is 1. The van der Waals surface area contributed by atoms with Gasteiger partial charge in [0.15, 0.2) is 0 Å². The third-order valence-electron chi connectivity index (χ3n) is 2.76. The summed E-state index contributed by atoms with van der Waals surface area (Å²) < 4.78 is 6.39. The Balaban J connectivity index is 2.48. The van der Waals surface area contributed by atoms with Gasteiger partial charge in [-0.2, -0.15) is 0 Å². The molecular weight excluding hydrogens is 342 g/mol. The van der Waals surface area contributed by atoms with Crippen molar-refractivity contribution in [3.8, 4) is 11.5 Å². The van der Waals surface area contributed by atoms with Crippen LogP contribution in [0.3, 0.4) is 0 Å². The third-order valence-corrected chi connectivity index (χ3v) is 3.26. The molecule has 7 heteroatoms. The van der Waals surface area contributed by atoms with Gasteiger partial charge in [0.25, 0.3) is 5.69 Å². The molecule has 108 valence electrons. The molecule has 0 spiro atoms. The van der Waals surface area contributed by atoms with Crippen LogP contribution < -0.4 is 4.74 Å². The number of rotatable bonds is 4. The summed E-state index contributed by atoms with van der Waals surface area (Å²) in [4.78, 5) is 21.4. The number of aromatic carboxylic acids is 1. The minimum Gasteiger partial charge on any atom is -0.478 e. The Morgan fingerprint density at radius 2 is 1.95 bits per heavy atom. The molecule has 1 N–H and O–H groups in total. The summed E-state index contributed by atoms with van der Waals surface area (Å²) in [6.07, 6.45) is 0.